The van der Waals surface area contributed by atoms with E-state index in [0.717, 1.165) is 0 Å². The lowest BCUT2D eigenvalue weighted by atomic mass is 10.2. The summed E-state index contributed by atoms with van der Waals surface area (Å²) in [5.74, 6) is -0.531. The number of ether oxygens (including phenoxy) is 2. The van der Waals surface area contributed by atoms with Gasteiger partial charge in [-0.3, -0.25) is 4.68 Å². The number of carbonyl (C=O) groups is 1. The molecule has 0 aliphatic carbocycles. The molecule has 0 aromatic carbocycles. The highest BCUT2D eigenvalue weighted by Gasteiger charge is 2.17. The second kappa shape index (κ2) is 6.29. The predicted molar refractivity (Wildman–Crippen MR) is 54.8 cm³/mol. The predicted octanol–water partition coefficient (Wildman–Crippen LogP) is 1.38. The zero-order chi connectivity index (χ0) is 12.8. The third-order valence-electron chi connectivity index (χ3n) is 2.04. The average molecular weight is 248 g/mol. The van der Waals surface area contributed by atoms with E-state index in [9.17, 15) is 13.6 Å². The topological polar surface area (TPSA) is 53.3 Å². The zero-order valence-electron chi connectivity index (χ0n) is 9.65. The van der Waals surface area contributed by atoms with Crippen LogP contribution >= 0.6 is 0 Å². The highest BCUT2D eigenvalue weighted by Crippen LogP contribution is 2.11. The second-order valence-electron chi connectivity index (χ2n) is 3.26. The third kappa shape index (κ3) is 3.77. The van der Waals surface area contributed by atoms with Gasteiger partial charge >= 0.3 is 5.97 Å². The molecule has 0 aliphatic rings. The summed E-state index contributed by atoms with van der Waals surface area (Å²) in [7, 11) is 1.60. The lowest BCUT2D eigenvalue weighted by Crippen LogP contribution is -2.12. The van der Waals surface area contributed by atoms with Crippen LogP contribution in [-0.4, -0.2) is 35.4 Å². The van der Waals surface area contributed by atoms with E-state index in [1.54, 1.807) is 14.0 Å². The molecule has 0 atom stereocenters. The Bertz CT molecular complexity index is 380. The molecule has 0 radical (unpaired) electrons. The van der Waals surface area contributed by atoms with Crippen LogP contribution in [0, 0.1) is 0 Å². The van der Waals surface area contributed by atoms with Crippen molar-refractivity contribution in [2.45, 2.75) is 20.0 Å². The average Bonchev–Trinajstić information content (AvgIpc) is 2.60. The number of aryl methyl sites for hydroxylation is 1. The van der Waals surface area contributed by atoms with Crippen LogP contribution in [0.25, 0.3) is 0 Å². The first-order valence-electron chi connectivity index (χ1n) is 5.10. The van der Waals surface area contributed by atoms with Crippen LogP contribution in [0.1, 0.15) is 23.0 Å². The van der Waals surface area contributed by atoms with Crippen molar-refractivity contribution in [2.24, 2.45) is 7.05 Å². The highest BCUT2D eigenvalue weighted by atomic mass is 19.3. The fraction of sp³-hybridized carbons (Fsp3) is 0.600. The lowest BCUT2D eigenvalue weighted by Gasteiger charge is -2.06. The molecule has 0 N–H and O–H groups in total. The van der Waals surface area contributed by atoms with Gasteiger partial charge in [-0.05, 0) is 6.92 Å². The Morgan fingerprint density at radius 1 is 1.59 bits per heavy atom. The Morgan fingerprint density at radius 2 is 2.29 bits per heavy atom. The van der Waals surface area contributed by atoms with E-state index in [4.69, 9.17) is 9.47 Å². The van der Waals surface area contributed by atoms with E-state index < -0.39 is 19.0 Å². The van der Waals surface area contributed by atoms with E-state index in [-0.39, 0.29) is 18.8 Å². The first kappa shape index (κ1) is 13.6. The fourth-order valence-electron chi connectivity index (χ4n) is 1.26. The molecule has 1 aromatic heterocycles. The molecule has 0 aliphatic heterocycles. The molecule has 96 valence electrons. The van der Waals surface area contributed by atoms with Crippen molar-refractivity contribution in [3.05, 3.63) is 17.5 Å². The Labute approximate surface area is 97.3 Å². The number of carbonyl (C=O) groups excluding carboxylic acids is 1. The van der Waals surface area contributed by atoms with Gasteiger partial charge in [-0.2, -0.15) is 5.10 Å². The lowest BCUT2D eigenvalue weighted by molar-refractivity contribution is 0.00741. The molecule has 17 heavy (non-hydrogen) atoms. The number of esters is 1. The molecular formula is C10H14F2N2O3. The van der Waals surface area contributed by atoms with Crippen LogP contribution < -0.4 is 0 Å². The quantitative estimate of drug-likeness (QED) is 0.714. The number of rotatable bonds is 6. The van der Waals surface area contributed by atoms with Crippen molar-refractivity contribution in [3.8, 4) is 0 Å². The van der Waals surface area contributed by atoms with E-state index in [1.165, 1.54) is 10.9 Å². The SMILES string of the molecule is CCOC(=O)c1cnn(C)c1COCC(F)F. The van der Waals surface area contributed by atoms with E-state index in [2.05, 4.69) is 5.10 Å². The number of hydrogen-bond acceptors (Lipinski definition) is 4. The Morgan fingerprint density at radius 3 is 2.88 bits per heavy atom. The van der Waals surface area contributed by atoms with Gasteiger partial charge in [0.2, 0.25) is 0 Å². The minimum Gasteiger partial charge on any atom is -0.462 e. The molecule has 0 spiro atoms. The molecule has 5 nitrogen and oxygen atoms in total. The summed E-state index contributed by atoms with van der Waals surface area (Å²) in [6.07, 6.45) is -1.20. The first-order valence-corrected chi connectivity index (χ1v) is 5.10. The largest absolute Gasteiger partial charge is 0.462 e. The maximum atomic E-state index is 11.9. The second-order valence-corrected chi connectivity index (χ2v) is 3.26. The molecule has 1 heterocycles. The summed E-state index contributed by atoms with van der Waals surface area (Å²) in [6, 6.07) is 0. The summed E-state index contributed by atoms with van der Waals surface area (Å²) in [5.41, 5.74) is 0.660. The van der Waals surface area contributed by atoms with Crippen molar-refractivity contribution in [2.75, 3.05) is 13.2 Å². The van der Waals surface area contributed by atoms with Crippen LogP contribution in [0.4, 0.5) is 8.78 Å². The summed E-state index contributed by atoms with van der Waals surface area (Å²) in [6.45, 7) is 1.15. The van der Waals surface area contributed by atoms with E-state index >= 15 is 0 Å². The fourth-order valence-corrected chi connectivity index (χ4v) is 1.26. The van der Waals surface area contributed by atoms with E-state index in [0.29, 0.717) is 5.69 Å². The molecule has 0 fully saturated rings. The zero-order valence-corrected chi connectivity index (χ0v) is 9.65. The molecule has 7 heteroatoms. The van der Waals surface area contributed by atoms with Crippen LogP contribution in [0.5, 0.6) is 0 Å². The van der Waals surface area contributed by atoms with Crippen molar-refractivity contribution in [1.82, 2.24) is 9.78 Å². The molecule has 0 unspecified atom stereocenters. The standard InChI is InChI=1S/C10H14F2N2O3/c1-3-17-10(15)7-4-13-14(2)8(7)5-16-6-9(11)12/h4,9H,3,5-6H2,1-2H3. The normalized spacial score (nSPS) is 10.9. The van der Waals surface area contributed by atoms with Gasteiger partial charge in [0.25, 0.3) is 6.43 Å². The van der Waals surface area contributed by atoms with Gasteiger partial charge in [-0.25, -0.2) is 13.6 Å². The Hall–Kier alpha value is -1.50. The molecule has 0 amide bonds. The van der Waals surface area contributed by atoms with Gasteiger partial charge in [0.05, 0.1) is 25.1 Å². The minimum atomic E-state index is -2.53. The number of aromatic nitrogens is 2. The van der Waals surface area contributed by atoms with Gasteiger partial charge in [0.15, 0.2) is 0 Å². The molecule has 0 bridgehead atoms. The molecule has 0 saturated carbocycles. The summed E-state index contributed by atoms with van der Waals surface area (Å²) < 4.78 is 34.8. The van der Waals surface area contributed by atoms with Gasteiger partial charge < -0.3 is 9.47 Å². The van der Waals surface area contributed by atoms with Crippen LogP contribution in [0.15, 0.2) is 6.20 Å². The van der Waals surface area contributed by atoms with Gasteiger partial charge in [0, 0.05) is 7.05 Å². The summed E-state index contributed by atoms with van der Waals surface area (Å²) >= 11 is 0. The summed E-state index contributed by atoms with van der Waals surface area (Å²) in [5, 5.41) is 3.87. The Kier molecular flexibility index (Phi) is 5.02. The van der Waals surface area contributed by atoms with E-state index in [1.807, 2.05) is 0 Å². The monoisotopic (exact) mass is 248 g/mol. The molecule has 1 aromatic rings. The van der Waals surface area contributed by atoms with Crippen molar-refractivity contribution >= 4 is 5.97 Å². The van der Waals surface area contributed by atoms with Crippen LogP contribution in [0.3, 0.4) is 0 Å². The smallest absolute Gasteiger partial charge is 0.341 e. The highest BCUT2D eigenvalue weighted by molar-refractivity contribution is 5.90. The third-order valence-corrected chi connectivity index (χ3v) is 2.04. The maximum absolute atomic E-state index is 11.9. The van der Waals surface area contributed by atoms with Gasteiger partial charge in [-0.15, -0.1) is 0 Å². The van der Waals surface area contributed by atoms with Gasteiger partial charge in [-0.1, -0.05) is 0 Å². The number of hydrogen-bond donors (Lipinski definition) is 0. The number of nitrogens with zero attached hydrogens (tertiary/aromatic N) is 2. The molecule has 1 rings (SSSR count). The number of alkyl halides is 2. The van der Waals surface area contributed by atoms with Crippen molar-refractivity contribution < 1.29 is 23.0 Å². The van der Waals surface area contributed by atoms with Crippen molar-refractivity contribution in [3.63, 3.8) is 0 Å². The maximum Gasteiger partial charge on any atom is 0.341 e. The minimum absolute atomic E-state index is 0.102. The molecular weight excluding hydrogens is 234 g/mol. The number of halogens is 2. The summed E-state index contributed by atoms with van der Waals surface area (Å²) in [4.78, 5) is 11.5. The van der Waals surface area contributed by atoms with Crippen LogP contribution in [-0.2, 0) is 23.1 Å². The molecule has 0 saturated heterocycles. The van der Waals surface area contributed by atoms with Crippen molar-refractivity contribution in [1.29, 1.82) is 0 Å². The first-order chi connectivity index (χ1) is 8.06. The Balaban J connectivity index is 2.69. The van der Waals surface area contributed by atoms with Gasteiger partial charge in [0.1, 0.15) is 12.2 Å². The van der Waals surface area contributed by atoms with Crippen LogP contribution in [0.2, 0.25) is 0 Å².